The van der Waals surface area contributed by atoms with E-state index in [1.807, 2.05) is 6.92 Å². The molecule has 0 atom stereocenters. The maximum atomic E-state index is 14.2. The molecule has 0 radical (unpaired) electrons. The van der Waals surface area contributed by atoms with Crippen molar-refractivity contribution < 1.29 is 35.8 Å². The highest BCUT2D eigenvalue weighted by Gasteiger charge is 2.43. The predicted octanol–water partition coefficient (Wildman–Crippen LogP) is 5.70. The second-order valence-electron chi connectivity index (χ2n) is 6.48. The average molecular weight is 370 g/mol. The first-order valence-corrected chi connectivity index (χ1v) is 8.06. The maximum absolute atomic E-state index is 14.2. The first kappa shape index (κ1) is 19.9. The van der Waals surface area contributed by atoms with Gasteiger partial charge in [0.1, 0.15) is 18.2 Å². The Balaban J connectivity index is 1.95. The van der Waals surface area contributed by atoms with Crippen molar-refractivity contribution in [1.82, 2.24) is 0 Å². The van der Waals surface area contributed by atoms with Crippen LogP contribution in [0.4, 0.5) is 26.3 Å². The lowest BCUT2D eigenvalue weighted by Gasteiger charge is -2.32. The van der Waals surface area contributed by atoms with Gasteiger partial charge in [-0.05, 0) is 24.8 Å². The summed E-state index contributed by atoms with van der Waals surface area (Å²) in [6, 6.07) is 2.93. The van der Waals surface area contributed by atoms with Gasteiger partial charge < -0.3 is 9.47 Å². The first-order valence-electron chi connectivity index (χ1n) is 8.06. The van der Waals surface area contributed by atoms with Crippen LogP contribution in [0.3, 0.4) is 0 Å². The van der Waals surface area contributed by atoms with Gasteiger partial charge in [0.15, 0.2) is 0 Å². The normalized spacial score (nSPS) is 22.0. The van der Waals surface area contributed by atoms with Gasteiger partial charge in [-0.15, -0.1) is 0 Å². The summed E-state index contributed by atoms with van der Waals surface area (Å²) in [4.78, 5) is 0. The van der Waals surface area contributed by atoms with Crippen molar-refractivity contribution in [3.63, 3.8) is 0 Å². The van der Waals surface area contributed by atoms with E-state index in [2.05, 4.69) is 9.47 Å². The van der Waals surface area contributed by atoms with Crippen LogP contribution in [-0.2, 0) is 11.3 Å². The van der Waals surface area contributed by atoms with Crippen molar-refractivity contribution in [3.8, 4) is 5.75 Å². The van der Waals surface area contributed by atoms with Gasteiger partial charge in [0.05, 0.1) is 12.5 Å². The molecule has 2 rings (SSSR count). The van der Waals surface area contributed by atoms with E-state index in [0.29, 0.717) is 31.6 Å². The largest absolute Gasteiger partial charge is 0.432 e. The lowest BCUT2D eigenvalue weighted by Crippen LogP contribution is -2.37. The molecule has 25 heavy (non-hydrogen) atoms. The van der Waals surface area contributed by atoms with E-state index in [-0.39, 0.29) is 11.3 Å². The minimum Gasteiger partial charge on any atom is -0.432 e. The number of halogens is 6. The van der Waals surface area contributed by atoms with Gasteiger partial charge in [0, 0.05) is 11.6 Å². The van der Waals surface area contributed by atoms with Crippen molar-refractivity contribution >= 4 is 0 Å². The third-order valence-corrected chi connectivity index (χ3v) is 4.29. The average Bonchev–Trinajstić information content (AvgIpc) is 2.48. The third-order valence-electron chi connectivity index (χ3n) is 4.29. The van der Waals surface area contributed by atoms with E-state index in [4.69, 9.17) is 0 Å². The quantitative estimate of drug-likeness (QED) is 0.598. The minimum absolute atomic E-state index is 0.161. The number of alkyl halides is 5. The summed E-state index contributed by atoms with van der Waals surface area (Å²) in [5.41, 5.74) is -0.161. The van der Waals surface area contributed by atoms with Crippen molar-refractivity contribution in [1.29, 1.82) is 0 Å². The van der Waals surface area contributed by atoms with Crippen LogP contribution in [0, 0.1) is 17.7 Å². The molecule has 1 aromatic carbocycles. The van der Waals surface area contributed by atoms with E-state index >= 15 is 0 Å². The molecule has 0 spiro atoms. The standard InChI is InChI=1S/C17H20F6O2/c1-11-2-5-13(6-3-11)17(22,23)25-14-7-4-12(15(18)8-14)9-24-10-16(19,20)21/h4,7-8,11,13H,2-3,5-6,9-10H2,1H3. The summed E-state index contributed by atoms with van der Waals surface area (Å²) in [5.74, 6) is -1.84. The van der Waals surface area contributed by atoms with Crippen LogP contribution in [-0.4, -0.2) is 18.9 Å². The number of benzene rings is 1. The van der Waals surface area contributed by atoms with Crippen LogP contribution in [0.15, 0.2) is 18.2 Å². The van der Waals surface area contributed by atoms with Crippen LogP contribution in [0.25, 0.3) is 0 Å². The molecule has 2 nitrogen and oxygen atoms in total. The van der Waals surface area contributed by atoms with Crippen LogP contribution < -0.4 is 4.74 Å². The fourth-order valence-corrected chi connectivity index (χ4v) is 2.82. The van der Waals surface area contributed by atoms with Gasteiger partial charge in [0.2, 0.25) is 0 Å². The second kappa shape index (κ2) is 7.85. The molecule has 1 aromatic rings. The summed E-state index contributed by atoms with van der Waals surface area (Å²) in [5, 5.41) is 0. The molecule has 0 aromatic heterocycles. The van der Waals surface area contributed by atoms with Crippen LogP contribution in [0.1, 0.15) is 38.2 Å². The molecule has 0 unspecified atom stereocenters. The van der Waals surface area contributed by atoms with E-state index in [0.717, 1.165) is 18.2 Å². The van der Waals surface area contributed by atoms with Crippen LogP contribution in [0.5, 0.6) is 5.75 Å². The highest BCUT2D eigenvalue weighted by molar-refractivity contribution is 5.29. The number of rotatable bonds is 6. The molecular formula is C17H20F6O2. The van der Waals surface area contributed by atoms with Gasteiger partial charge in [-0.25, -0.2) is 4.39 Å². The maximum Gasteiger partial charge on any atom is 0.411 e. The summed E-state index contributed by atoms with van der Waals surface area (Å²) in [6.45, 7) is -0.116. The molecule has 0 amide bonds. The Morgan fingerprint density at radius 3 is 2.24 bits per heavy atom. The molecule has 1 aliphatic carbocycles. The lowest BCUT2D eigenvalue weighted by atomic mass is 9.82. The highest BCUT2D eigenvalue weighted by Crippen LogP contribution is 2.40. The zero-order valence-electron chi connectivity index (χ0n) is 13.7. The Bertz CT molecular complexity index is 565. The zero-order valence-corrected chi connectivity index (χ0v) is 13.7. The summed E-state index contributed by atoms with van der Waals surface area (Å²) in [6.07, 6.45) is -5.89. The van der Waals surface area contributed by atoms with E-state index < -0.39 is 37.2 Å². The Morgan fingerprint density at radius 1 is 1.04 bits per heavy atom. The Hall–Kier alpha value is -1.44. The fourth-order valence-electron chi connectivity index (χ4n) is 2.82. The highest BCUT2D eigenvalue weighted by atomic mass is 19.4. The number of hydrogen-bond donors (Lipinski definition) is 0. The van der Waals surface area contributed by atoms with Crippen LogP contribution in [0.2, 0.25) is 0 Å². The van der Waals surface area contributed by atoms with Crippen molar-refractivity contribution in [2.24, 2.45) is 11.8 Å². The molecule has 1 saturated carbocycles. The Kier molecular flexibility index (Phi) is 6.24. The summed E-state index contributed by atoms with van der Waals surface area (Å²) in [7, 11) is 0. The van der Waals surface area contributed by atoms with Gasteiger partial charge in [0.25, 0.3) is 0 Å². The molecule has 1 aliphatic rings. The van der Waals surface area contributed by atoms with E-state index in [9.17, 15) is 26.3 Å². The van der Waals surface area contributed by atoms with E-state index in [1.165, 1.54) is 0 Å². The predicted molar refractivity (Wildman–Crippen MR) is 78.8 cm³/mol. The molecule has 142 valence electrons. The number of hydrogen-bond acceptors (Lipinski definition) is 2. The molecular weight excluding hydrogens is 350 g/mol. The zero-order chi connectivity index (χ0) is 18.7. The molecule has 0 heterocycles. The molecule has 0 bridgehead atoms. The number of ether oxygens (including phenoxy) is 2. The molecule has 0 N–H and O–H groups in total. The third kappa shape index (κ3) is 6.09. The molecule has 8 heteroatoms. The molecule has 0 aliphatic heterocycles. The lowest BCUT2D eigenvalue weighted by molar-refractivity contribution is -0.223. The first-order chi connectivity index (χ1) is 11.6. The van der Waals surface area contributed by atoms with E-state index in [1.54, 1.807) is 0 Å². The minimum atomic E-state index is -4.51. The van der Waals surface area contributed by atoms with Crippen LogP contribution >= 0.6 is 0 Å². The summed E-state index contributed by atoms with van der Waals surface area (Å²) < 4.78 is 87.2. The van der Waals surface area contributed by atoms with Crippen molar-refractivity contribution in [3.05, 3.63) is 29.6 Å². The topological polar surface area (TPSA) is 18.5 Å². The SMILES string of the molecule is CC1CCC(C(F)(F)Oc2ccc(COCC(F)(F)F)c(F)c2)CC1. The smallest absolute Gasteiger partial charge is 0.411 e. The Labute approximate surface area is 142 Å². The van der Waals surface area contributed by atoms with Crippen molar-refractivity contribution in [2.45, 2.75) is 51.5 Å². The Morgan fingerprint density at radius 2 is 1.68 bits per heavy atom. The monoisotopic (exact) mass is 370 g/mol. The van der Waals surface area contributed by atoms with Gasteiger partial charge >= 0.3 is 12.3 Å². The molecule has 1 fully saturated rings. The second-order valence-corrected chi connectivity index (χ2v) is 6.48. The van der Waals surface area contributed by atoms with Crippen molar-refractivity contribution in [2.75, 3.05) is 6.61 Å². The summed E-state index contributed by atoms with van der Waals surface area (Å²) >= 11 is 0. The van der Waals surface area contributed by atoms with Gasteiger partial charge in [-0.1, -0.05) is 25.8 Å². The molecule has 0 saturated heterocycles. The fraction of sp³-hybridized carbons (Fsp3) is 0.647. The van der Waals surface area contributed by atoms with Gasteiger partial charge in [-0.2, -0.15) is 22.0 Å². The van der Waals surface area contributed by atoms with Gasteiger partial charge in [-0.3, -0.25) is 0 Å².